The van der Waals surface area contributed by atoms with Crippen molar-refractivity contribution in [2.45, 2.75) is 26.3 Å². The van der Waals surface area contributed by atoms with E-state index in [0.29, 0.717) is 36.7 Å². The molecule has 184 valence electrons. The van der Waals surface area contributed by atoms with Gasteiger partial charge < -0.3 is 29.6 Å². The van der Waals surface area contributed by atoms with Crippen LogP contribution in [0.25, 0.3) is 11.3 Å². The smallest absolute Gasteiger partial charge is 0.232 e. The normalized spacial score (nSPS) is 18.4. The monoisotopic (exact) mass is 492 g/mol. The van der Waals surface area contributed by atoms with Crippen molar-refractivity contribution in [2.24, 2.45) is 5.92 Å². The minimum Gasteiger partial charge on any atom is -0.459 e. The van der Waals surface area contributed by atoms with Crippen LogP contribution in [0, 0.1) is 5.92 Å². The molecular formula is C26H32N6O2S. The van der Waals surface area contributed by atoms with Crippen LogP contribution in [0.15, 0.2) is 52.9 Å². The molecule has 35 heavy (non-hydrogen) atoms. The quantitative estimate of drug-likeness (QED) is 0.490. The van der Waals surface area contributed by atoms with Gasteiger partial charge >= 0.3 is 0 Å². The Hall–Kier alpha value is -3.17. The van der Waals surface area contributed by atoms with Gasteiger partial charge in [0.25, 0.3) is 0 Å². The van der Waals surface area contributed by atoms with Crippen LogP contribution in [-0.4, -0.2) is 54.5 Å². The molecule has 0 unspecified atom stereocenters. The van der Waals surface area contributed by atoms with Gasteiger partial charge in [0.2, 0.25) is 5.95 Å². The Morgan fingerprint density at radius 3 is 2.57 bits per heavy atom. The lowest BCUT2D eigenvalue weighted by Gasteiger charge is -2.33. The number of thiocarbonyl (C=S) groups is 1. The summed E-state index contributed by atoms with van der Waals surface area (Å²) in [6, 6.07) is 16.1. The molecule has 5 rings (SSSR count). The summed E-state index contributed by atoms with van der Waals surface area (Å²) >= 11 is 5.56. The Bertz CT molecular complexity index is 1130. The highest BCUT2D eigenvalue weighted by Crippen LogP contribution is 2.26. The van der Waals surface area contributed by atoms with Gasteiger partial charge in [-0.25, -0.2) is 0 Å². The molecule has 2 saturated heterocycles. The first kappa shape index (κ1) is 23.6. The van der Waals surface area contributed by atoms with Crippen LogP contribution in [0.5, 0.6) is 0 Å². The highest BCUT2D eigenvalue weighted by atomic mass is 32.1. The van der Waals surface area contributed by atoms with Crippen LogP contribution in [0.3, 0.4) is 0 Å². The number of benzene rings is 1. The van der Waals surface area contributed by atoms with Gasteiger partial charge in [0.05, 0.1) is 19.8 Å². The summed E-state index contributed by atoms with van der Waals surface area (Å²) in [5.74, 6) is 4.64. The maximum atomic E-state index is 5.97. The number of furan rings is 1. The minimum absolute atomic E-state index is 0.458. The lowest BCUT2D eigenvalue weighted by atomic mass is 10.0. The second kappa shape index (κ2) is 11.0. The number of morpholine rings is 1. The molecule has 2 fully saturated rings. The third-order valence-electron chi connectivity index (χ3n) is 6.38. The second-order valence-corrected chi connectivity index (χ2v) is 9.55. The van der Waals surface area contributed by atoms with E-state index in [-0.39, 0.29) is 0 Å². The van der Waals surface area contributed by atoms with E-state index in [1.165, 1.54) is 12.8 Å². The fourth-order valence-electron chi connectivity index (χ4n) is 4.54. The summed E-state index contributed by atoms with van der Waals surface area (Å²) in [4.78, 5) is 14.2. The maximum Gasteiger partial charge on any atom is 0.232 e. The first-order chi connectivity index (χ1) is 17.1. The van der Waals surface area contributed by atoms with Gasteiger partial charge in [0.1, 0.15) is 23.2 Å². The topological polar surface area (TPSA) is 78.7 Å². The fraction of sp³-hybridized carbons (Fsp3) is 0.423. The van der Waals surface area contributed by atoms with Crippen LogP contribution in [0.4, 0.5) is 17.6 Å². The molecular weight excluding hydrogens is 460 g/mol. The van der Waals surface area contributed by atoms with Crippen molar-refractivity contribution >= 4 is 34.9 Å². The summed E-state index contributed by atoms with van der Waals surface area (Å²) in [6.07, 6.45) is 2.44. The Morgan fingerprint density at radius 1 is 1.03 bits per heavy atom. The molecule has 0 radical (unpaired) electrons. The van der Waals surface area contributed by atoms with Crippen LogP contribution < -0.4 is 20.4 Å². The predicted octanol–water partition coefficient (Wildman–Crippen LogP) is 4.30. The zero-order valence-corrected chi connectivity index (χ0v) is 20.9. The van der Waals surface area contributed by atoms with Gasteiger partial charge in [-0.1, -0.05) is 37.3 Å². The summed E-state index contributed by atoms with van der Waals surface area (Å²) in [5, 5.41) is 6.87. The summed E-state index contributed by atoms with van der Waals surface area (Å²) < 4.78 is 11.5. The first-order valence-electron chi connectivity index (χ1n) is 12.3. The van der Waals surface area contributed by atoms with Crippen molar-refractivity contribution in [1.82, 2.24) is 15.3 Å². The summed E-state index contributed by atoms with van der Waals surface area (Å²) in [6.45, 7) is 7.82. The molecule has 2 N–H and O–H groups in total. The van der Waals surface area contributed by atoms with E-state index in [9.17, 15) is 0 Å². The molecule has 0 saturated carbocycles. The molecule has 0 amide bonds. The Kier molecular flexibility index (Phi) is 7.44. The van der Waals surface area contributed by atoms with Gasteiger partial charge in [0.15, 0.2) is 5.11 Å². The third kappa shape index (κ3) is 6.10. The van der Waals surface area contributed by atoms with Crippen molar-refractivity contribution in [3.05, 3.63) is 54.3 Å². The summed E-state index contributed by atoms with van der Waals surface area (Å²) in [7, 11) is 0. The third-order valence-corrected chi connectivity index (χ3v) is 6.63. The van der Waals surface area contributed by atoms with Gasteiger partial charge in [-0.3, -0.25) is 0 Å². The minimum atomic E-state index is 0.458. The number of hydrogen-bond donors (Lipinski definition) is 2. The number of hydrogen-bond acceptors (Lipinski definition) is 7. The number of ether oxygens (including phenoxy) is 1. The van der Waals surface area contributed by atoms with E-state index in [1.54, 1.807) is 0 Å². The Labute approximate surface area is 211 Å². The molecule has 0 aliphatic carbocycles. The fourth-order valence-corrected chi connectivity index (χ4v) is 4.70. The number of aromatic nitrogens is 2. The molecule has 2 aromatic heterocycles. The number of nitrogens with zero attached hydrogens (tertiary/aromatic N) is 4. The van der Waals surface area contributed by atoms with Crippen LogP contribution in [0.2, 0.25) is 0 Å². The Morgan fingerprint density at radius 2 is 1.80 bits per heavy atom. The zero-order chi connectivity index (χ0) is 24.0. The van der Waals surface area contributed by atoms with Crippen molar-refractivity contribution in [1.29, 1.82) is 0 Å². The Balaban J connectivity index is 1.27. The van der Waals surface area contributed by atoms with Crippen LogP contribution >= 0.6 is 12.2 Å². The average Bonchev–Trinajstić information content (AvgIpc) is 3.38. The van der Waals surface area contributed by atoms with Crippen molar-refractivity contribution < 1.29 is 9.15 Å². The number of anilines is 3. The number of rotatable bonds is 6. The molecule has 9 heteroatoms. The highest BCUT2D eigenvalue weighted by Gasteiger charge is 2.21. The van der Waals surface area contributed by atoms with Gasteiger partial charge in [-0.15, -0.1) is 0 Å². The van der Waals surface area contributed by atoms with E-state index < -0.39 is 0 Å². The maximum absolute atomic E-state index is 5.97. The van der Waals surface area contributed by atoms with Crippen molar-refractivity contribution in [3.63, 3.8) is 0 Å². The zero-order valence-electron chi connectivity index (χ0n) is 20.1. The molecule has 4 heterocycles. The predicted molar refractivity (Wildman–Crippen MR) is 143 cm³/mol. The lowest BCUT2D eigenvalue weighted by molar-refractivity contribution is 0.122. The molecule has 2 aliphatic rings. The molecule has 0 bridgehead atoms. The summed E-state index contributed by atoms with van der Waals surface area (Å²) in [5.41, 5.74) is 1.05. The lowest BCUT2D eigenvalue weighted by Crippen LogP contribution is -2.38. The standard InChI is InChI=1S/C26H32N6O2S/c1-19-6-5-11-32(18-19)24-16-23(31-12-14-33-15-13-31)28-25(29-24)30-26(35)27-17-21-9-10-22(34-21)20-7-3-2-4-8-20/h2-4,7-10,16,19H,5-6,11-15,17-18H2,1H3,(H2,27,28,29,30,35)/t19-/m0/s1. The van der Waals surface area contributed by atoms with Gasteiger partial charge in [0, 0.05) is 37.8 Å². The SMILES string of the molecule is C[C@H]1CCCN(c2cc(N3CCOCC3)nc(NC(=S)NCc3ccc(-c4ccccc4)o3)n2)C1. The average molecular weight is 493 g/mol. The van der Waals surface area contributed by atoms with E-state index in [0.717, 1.165) is 54.9 Å². The first-order valence-corrected chi connectivity index (χ1v) is 12.7. The molecule has 1 atom stereocenters. The van der Waals surface area contributed by atoms with E-state index in [2.05, 4.69) is 33.4 Å². The molecule has 3 aromatic rings. The second-order valence-electron chi connectivity index (χ2n) is 9.14. The van der Waals surface area contributed by atoms with Gasteiger partial charge in [-0.2, -0.15) is 9.97 Å². The molecule has 2 aliphatic heterocycles. The number of nitrogens with one attached hydrogen (secondary N) is 2. The molecule has 8 nitrogen and oxygen atoms in total. The van der Waals surface area contributed by atoms with E-state index >= 15 is 0 Å². The highest BCUT2D eigenvalue weighted by molar-refractivity contribution is 7.80. The van der Waals surface area contributed by atoms with Gasteiger partial charge in [-0.05, 0) is 43.1 Å². The molecule has 1 aromatic carbocycles. The van der Waals surface area contributed by atoms with Crippen LogP contribution in [-0.2, 0) is 11.3 Å². The molecule has 0 spiro atoms. The number of piperidine rings is 1. The largest absolute Gasteiger partial charge is 0.459 e. The van der Waals surface area contributed by atoms with E-state index in [1.807, 2.05) is 42.5 Å². The van der Waals surface area contributed by atoms with Crippen LogP contribution in [0.1, 0.15) is 25.5 Å². The van der Waals surface area contributed by atoms with E-state index in [4.69, 9.17) is 31.3 Å². The van der Waals surface area contributed by atoms with Crippen molar-refractivity contribution in [2.75, 3.05) is 54.5 Å². The van der Waals surface area contributed by atoms with Crippen molar-refractivity contribution in [3.8, 4) is 11.3 Å².